The standard InChI is InChI=1S/C15H24N2O/c1-10(2)8-17-9-14(7-16-17)12(5)15(11(3)4)13(6)18/h7,9-11H,8H2,1-6H3. The molecule has 0 aliphatic heterocycles. The van der Waals surface area contributed by atoms with Crippen LogP contribution in [0.25, 0.3) is 5.57 Å². The van der Waals surface area contributed by atoms with Crippen LogP contribution in [0.5, 0.6) is 0 Å². The molecule has 0 aliphatic rings. The van der Waals surface area contributed by atoms with Gasteiger partial charge in [-0.2, -0.15) is 5.10 Å². The van der Waals surface area contributed by atoms with Crippen molar-refractivity contribution in [1.29, 1.82) is 0 Å². The Hall–Kier alpha value is -1.38. The van der Waals surface area contributed by atoms with Gasteiger partial charge in [0.05, 0.1) is 6.20 Å². The summed E-state index contributed by atoms with van der Waals surface area (Å²) in [4.78, 5) is 11.7. The number of hydrogen-bond acceptors (Lipinski definition) is 2. The van der Waals surface area contributed by atoms with Gasteiger partial charge in [-0.05, 0) is 31.3 Å². The van der Waals surface area contributed by atoms with Crippen molar-refractivity contribution in [1.82, 2.24) is 9.78 Å². The summed E-state index contributed by atoms with van der Waals surface area (Å²) in [6.45, 7) is 13.0. The van der Waals surface area contributed by atoms with Crippen LogP contribution in [0.1, 0.15) is 47.1 Å². The zero-order valence-electron chi connectivity index (χ0n) is 12.3. The molecule has 0 saturated heterocycles. The Balaban J connectivity index is 3.08. The number of carbonyl (C=O) groups excluding carboxylic acids is 1. The molecule has 1 heterocycles. The van der Waals surface area contributed by atoms with Crippen LogP contribution in [0, 0.1) is 11.8 Å². The monoisotopic (exact) mass is 248 g/mol. The summed E-state index contributed by atoms with van der Waals surface area (Å²) in [6.07, 6.45) is 3.88. The molecule has 0 radical (unpaired) electrons. The molecular weight excluding hydrogens is 224 g/mol. The van der Waals surface area contributed by atoms with Gasteiger partial charge in [0.1, 0.15) is 0 Å². The number of nitrogens with zero attached hydrogens (tertiary/aromatic N) is 2. The van der Waals surface area contributed by atoms with Crippen molar-refractivity contribution in [3.05, 3.63) is 23.5 Å². The second-order valence-electron chi connectivity index (χ2n) is 5.59. The lowest BCUT2D eigenvalue weighted by Crippen LogP contribution is -2.07. The van der Waals surface area contributed by atoms with Gasteiger partial charge in [-0.15, -0.1) is 0 Å². The highest BCUT2D eigenvalue weighted by Crippen LogP contribution is 2.24. The van der Waals surface area contributed by atoms with Crippen LogP contribution >= 0.6 is 0 Å². The first-order valence-corrected chi connectivity index (χ1v) is 6.57. The van der Waals surface area contributed by atoms with Crippen molar-refractivity contribution in [2.45, 2.75) is 48.1 Å². The fourth-order valence-electron chi connectivity index (χ4n) is 2.29. The lowest BCUT2D eigenvalue weighted by Gasteiger charge is -2.11. The number of rotatable bonds is 5. The molecule has 0 saturated carbocycles. The van der Waals surface area contributed by atoms with Gasteiger partial charge in [-0.1, -0.05) is 27.7 Å². The second-order valence-corrected chi connectivity index (χ2v) is 5.59. The molecule has 0 spiro atoms. The largest absolute Gasteiger partial charge is 0.295 e. The smallest absolute Gasteiger partial charge is 0.156 e. The Bertz CT molecular complexity index is 453. The van der Waals surface area contributed by atoms with Gasteiger partial charge in [0.15, 0.2) is 5.78 Å². The van der Waals surface area contributed by atoms with Crippen LogP contribution < -0.4 is 0 Å². The Morgan fingerprint density at radius 1 is 1.28 bits per heavy atom. The van der Waals surface area contributed by atoms with E-state index in [4.69, 9.17) is 0 Å². The average Bonchev–Trinajstić information content (AvgIpc) is 2.63. The minimum atomic E-state index is 0.152. The predicted octanol–water partition coefficient (Wildman–Crippen LogP) is 3.56. The summed E-state index contributed by atoms with van der Waals surface area (Å²) in [5, 5.41) is 4.35. The zero-order chi connectivity index (χ0) is 13.9. The third kappa shape index (κ3) is 3.56. The van der Waals surface area contributed by atoms with Gasteiger partial charge in [0.25, 0.3) is 0 Å². The number of ketones is 1. The van der Waals surface area contributed by atoms with Crippen LogP contribution in [0.3, 0.4) is 0 Å². The lowest BCUT2D eigenvalue weighted by molar-refractivity contribution is -0.113. The highest BCUT2D eigenvalue weighted by molar-refractivity contribution is 6.01. The lowest BCUT2D eigenvalue weighted by atomic mass is 9.92. The second kappa shape index (κ2) is 5.98. The fourth-order valence-corrected chi connectivity index (χ4v) is 2.29. The molecule has 0 unspecified atom stereocenters. The molecular formula is C15H24N2O. The third-order valence-electron chi connectivity index (χ3n) is 2.98. The topological polar surface area (TPSA) is 34.9 Å². The van der Waals surface area contributed by atoms with Gasteiger partial charge >= 0.3 is 0 Å². The van der Waals surface area contributed by atoms with Crippen molar-refractivity contribution in [3.8, 4) is 0 Å². The first-order chi connectivity index (χ1) is 8.32. The predicted molar refractivity (Wildman–Crippen MR) is 75.2 cm³/mol. The fraction of sp³-hybridized carbons (Fsp3) is 0.600. The number of Topliss-reactive ketones (excluding diaryl/α,β-unsaturated/α-hetero) is 1. The van der Waals surface area contributed by atoms with E-state index in [0.29, 0.717) is 5.92 Å². The molecule has 0 bridgehead atoms. The van der Waals surface area contributed by atoms with E-state index in [0.717, 1.165) is 23.3 Å². The third-order valence-corrected chi connectivity index (χ3v) is 2.98. The van der Waals surface area contributed by atoms with Crippen LogP contribution in [0.15, 0.2) is 18.0 Å². The quantitative estimate of drug-likeness (QED) is 0.747. The first-order valence-electron chi connectivity index (χ1n) is 6.57. The number of aromatic nitrogens is 2. The van der Waals surface area contributed by atoms with Crippen molar-refractivity contribution >= 4 is 11.4 Å². The summed E-state index contributed by atoms with van der Waals surface area (Å²) in [6, 6.07) is 0. The molecule has 0 fully saturated rings. The summed E-state index contributed by atoms with van der Waals surface area (Å²) in [7, 11) is 0. The Labute approximate surface area is 110 Å². The molecule has 0 amide bonds. The van der Waals surface area contributed by atoms with Gasteiger partial charge in [-0.25, -0.2) is 0 Å². The van der Waals surface area contributed by atoms with Crippen LogP contribution in [-0.2, 0) is 11.3 Å². The minimum Gasteiger partial charge on any atom is -0.295 e. The normalized spacial score (nSPS) is 13.1. The van der Waals surface area contributed by atoms with E-state index in [9.17, 15) is 4.79 Å². The van der Waals surface area contributed by atoms with E-state index in [-0.39, 0.29) is 11.7 Å². The average molecular weight is 248 g/mol. The molecule has 1 aromatic rings. The summed E-state index contributed by atoms with van der Waals surface area (Å²) >= 11 is 0. The van der Waals surface area contributed by atoms with E-state index in [1.165, 1.54) is 0 Å². The maximum atomic E-state index is 11.7. The highest BCUT2D eigenvalue weighted by atomic mass is 16.1. The molecule has 0 atom stereocenters. The SMILES string of the molecule is CC(=O)C(=C(C)c1cnn(CC(C)C)c1)C(C)C. The van der Waals surface area contributed by atoms with Crippen molar-refractivity contribution < 1.29 is 4.79 Å². The molecule has 1 rings (SSSR count). The molecule has 18 heavy (non-hydrogen) atoms. The van der Waals surface area contributed by atoms with Crippen LogP contribution in [-0.4, -0.2) is 15.6 Å². The number of hydrogen-bond donors (Lipinski definition) is 0. The Morgan fingerprint density at radius 3 is 2.33 bits per heavy atom. The van der Waals surface area contributed by atoms with Gasteiger partial charge in [0, 0.05) is 23.9 Å². The maximum absolute atomic E-state index is 11.7. The molecule has 0 N–H and O–H groups in total. The summed E-state index contributed by atoms with van der Waals surface area (Å²) < 4.78 is 1.95. The molecule has 3 heteroatoms. The van der Waals surface area contributed by atoms with Gasteiger partial charge in [0.2, 0.25) is 0 Å². The molecule has 0 aromatic carbocycles. The highest BCUT2D eigenvalue weighted by Gasteiger charge is 2.14. The van der Waals surface area contributed by atoms with E-state index >= 15 is 0 Å². The number of allylic oxidation sites excluding steroid dienone is 2. The molecule has 1 aromatic heterocycles. The summed E-state index contributed by atoms with van der Waals surface area (Å²) in [5.74, 6) is 0.967. The van der Waals surface area contributed by atoms with Crippen molar-refractivity contribution in [2.24, 2.45) is 11.8 Å². The summed E-state index contributed by atoms with van der Waals surface area (Å²) in [5.41, 5.74) is 3.00. The number of carbonyl (C=O) groups is 1. The van der Waals surface area contributed by atoms with Crippen molar-refractivity contribution in [2.75, 3.05) is 0 Å². The van der Waals surface area contributed by atoms with E-state index in [1.54, 1.807) is 6.92 Å². The minimum absolute atomic E-state index is 0.152. The van der Waals surface area contributed by atoms with Crippen molar-refractivity contribution in [3.63, 3.8) is 0 Å². The van der Waals surface area contributed by atoms with Gasteiger partial charge in [-0.3, -0.25) is 9.48 Å². The maximum Gasteiger partial charge on any atom is 0.156 e. The van der Waals surface area contributed by atoms with Crippen LogP contribution in [0.4, 0.5) is 0 Å². The Morgan fingerprint density at radius 2 is 1.89 bits per heavy atom. The molecule has 100 valence electrons. The molecule has 0 aliphatic carbocycles. The molecule has 3 nitrogen and oxygen atoms in total. The van der Waals surface area contributed by atoms with Crippen LogP contribution in [0.2, 0.25) is 0 Å². The van der Waals surface area contributed by atoms with Gasteiger partial charge < -0.3 is 0 Å². The van der Waals surface area contributed by atoms with E-state index in [1.807, 2.05) is 24.0 Å². The zero-order valence-corrected chi connectivity index (χ0v) is 12.3. The van der Waals surface area contributed by atoms with E-state index in [2.05, 4.69) is 32.8 Å². The Kier molecular flexibility index (Phi) is 4.88. The van der Waals surface area contributed by atoms with E-state index < -0.39 is 0 Å². The first kappa shape index (κ1) is 14.7.